The van der Waals surface area contributed by atoms with Gasteiger partial charge in [-0.15, -0.1) is 0 Å². The van der Waals surface area contributed by atoms with E-state index in [1.165, 1.54) is 19.1 Å². The standard InChI is InChI=1S/C28H27FN6O4/c1-17(36)31-26-16-35-27(32-26)5-3-23(33-35)18-13-22-24(30-14-18)6-9-34(28(22)37)15-19-12-20(29)2-4-25(19)39-21-7-10-38-11-8-21/h2-5,12-14,16,21H,6-11,15H2,1H3,(H,31,36). The lowest BCUT2D eigenvalue weighted by atomic mass is 10.0. The molecule has 2 amide bonds. The molecule has 5 heterocycles. The maximum atomic E-state index is 14.2. The molecule has 0 aliphatic carbocycles. The summed E-state index contributed by atoms with van der Waals surface area (Å²) < 4.78 is 27.4. The SMILES string of the molecule is CC(=O)Nc1cn2nc(-c3cnc4c(c3)C(=O)N(Cc3cc(F)ccc3OC3CCOCC3)CC4)ccc2n1. The lowest BCUT2D eigenvalue weighted by Gasteiger charge is -2.30. The van der Waals surface area contributed by atoms with Gasteiger partial charge in [0.15, 0.2) is 11.5 Å². The van der Waals surface area contributed by atoms with Gasteiger partial charge in [0.2, 0.25) is 5.91 Å². The van der Waals surface area contributed by atoms with Crippen molar-refractivity contribution in [3.05, 3.63) is 71.4 Å². The molecule has 0 bridgehead atoms. The highest BCUT2D eigenvalue weighted by atomic mass is 19.1. The molecule has 0 saturated carbocycles. The van der Waals surface area contributed by atoms with Crippen LogP contribution in [0.25, 0.3) is 16.9 Å². The van der Waals surface area contributed by atoms with Crippen LogP contribution in [0.4, 0.5) is 10.2 Å². The third-order valence-electron chi connectivity index (χ3n) is 6.87. The molecule has 0 unspecified atom stereocenters. The Labute approximate surface area is 223 Å². The van der Waals surface area contributed by atoms with E-state index in [0.717, 1.165) is 18.5 Å². The monoisotopic (exact) mass is 530 g/mol. The van der Waals surface area contributed by atoms with E-state index in [1.54, 1.807) is 46.1 Å². The van der Waals surface area contributed by atoms with Gasteiger partial charge in [0.25, 0.3) is 5.91 Å². The van der Waals surface area contributed by atoms with E-state index < -0.39 is 0 Å². The molecule has 10 nitrogen and oxygen atoms in total. The minimum absolute atomic E-state index is 0.00200. The van der Waals surface area contributed by atoms with Crippen LogP contribution in [0.3, 0.4) is 0 Å². The van der Waals surface area contributed by atoms with Crippen molar-refractivity contribution < 1.29 is 23.5 Å². The van der Waals surface area contributed by atoms with E-state index >= 15 is 0 Å². The summed E-state index contributed by atoms with van der Waals surface area (Å²) in [5.74, 6) is 0.217. The average Bonchev–Trinajstić information content (AvgIpc) is 3.33. The molecule has 1 fully saturated rings. The first kappa shape index (κ1) is 24.9. The molecule has 6 rings (SSSR count). The quantitative estimate of drug-likeness (QED) is 0.405. The zero-order chi connectivity index (χ0) is 26.9. The predicted molar refractivity (Wildman–Crippen MR) is 140 cm³/mol. The Hall–Kier alpha value is -4.38. The van der Waals surface area contributed by atoms with Crippen LogP contribution in [0.2, 0.25) is 0 Å². The number of hydrogen-bond donors (Lipinski definition) is 1. The topological polar surface area (TPSA) is 111 Å². The number of rotatable bonds is 6. The van der Waals surface area contributed by atoms with Gasteiger partial charge in [0.05, 0.1) is 36.4 Å². The molecular weight excluding hydrogens is 503 g/mol. The summed E-state index contributed by atoms with van der Waals surface area (Å²) in [5.41, 5.74) is 3.69. The number of pyridine rings is 1. The van der Waals surface area contributed by atoms with Crippen LogP contribution in [0.15, 0.2) is 48.8 Å². The van der Waals surface area contributed by atoms with Crippen molar-refractivity contribution >= 4 is 23.3 Å². The first-order valence-corrected chi connectivity index (χ1v) is 12.9. The Bertz CT molecular complexity index is 1570. The largest absolute Gasteiger partial charge is 0.490 e. The smallest absolute Gasteiger partial charge is 0.256 e. The van der Waals surface area contributed by atoms with Crippen molar-refractivity contribution in [1.82, 2.24) is 24.5 Å². The van der Waals surface area contributed by atoms with E-state index in [-0.39, 0.29) is 30.3 Å². The number of ether oxygens (including phenoxy) is 2. The fraction of sp³-hybridized carbons (Fsp3) is 0.321. The van der Waals surface area contributed by atoms with Gasteiger partial charge < -0.3 is 19.7 Å². The van der Waals surface area contributed by atoms with Gasteiger partial charge in [-0.3, -0.25) is 14.6 Å². The number of benzene rings is 1. The molecule has 2 aliphatic rings. The Morgan fingerprint density at radius 2 is 2.05 bits per heavy atom. The highest BCUT2D eigenvalue weighted by molar-refractivity contribution is 5.97. The predicted octanol–water partition coefficient (Wildman–Crippen LogP) is 3.65. The Morgan fingerprint density at radius 1 is 1.21 bits per heavy atom. The van der Waals surface area contributed by atoms with Crippen molar-refractivity contribution in [3.8, 4) is 17.0 Å². The number of imidazole rings is 1. The van der Waals surface area contributed by atoms with Gasteiger partial charge in [0, 0.05) is 56.6 Å². The maximum Gasteiger partial charge on any atom is 0.256 e. The fourth-order valence-corrected chi connectivity index (χ4v) is 4.92. The number of carbonyl (C=O) groups is 2. The lowest BCUT2D eigenvalue weighted by molar-refractivity contribution is -0.114. The first-order valence-electron chi connectivity index (χ1n) is 12.9. The number of carbonyl (C=O) groups excluding carboxylic acids is 2. The van der Waals surface area contributed by atoms with Gasteiger partial charge in [-0.2, -0.15) is 5.10 Å². The third kappa shape index (κ3) is 5.30. The van der Waals surface area contributed by atoms with Crippen LogP contribution in [-0.4, -0.2) is 62.2 Å². The van der Waals surface area contributed by atoms with Crippen molar-refractivity contribution in [1.29, 1.82) is 0 Å². The number of aromatic nitrogens is 4. The van der Waals surface area contributed by atoms with Crippen molar-refractivity contribution in [2.45, 2.75) is 38.8 Å². The second-order valence-corrected chi connectivity index (χ2v) is 9.71. The molecule has 0 spiro atoms. The molecule has 3 aromatic heterocycles. The van der Waals surface area contributed by atoms with E-state index in [2.05, 4.69) is 20.4 Å². The van der Waals surface area contributed by atoms with E-state index in [9.17, 15) is 14.0 Å². The molecule has 39 heavy (non-hydrogen) atoms. The lowest BCUT2D eigenvalue weighted by Crippen LogP contribution is -2.37. The Kier molecular flexibility index (Phi) is 6.65. The van der Waals surface area contributed by atoms with Gasteiger partial charge in [-0.05, 0) is 36.4 Å². The second kappa shape index (κ2) is 10.4. The summed E-state index contributed by atoms with van der Waals surface area (Å²) in [6.45, 7) is 3.38. The van der Waals surface area contributed by atoms with E-state index in [4.69, 9.17) is 9.47 Å². The van der Waals surface area contributed by atoms with Crippen LogP contribution < -0.4 is 10.1 Å². The zero-order valence-electron chi connectivity index (χ0n) is 21.4. The number of nitrogens with zero attached hydrogens (tertiary/aromatic N) is 5. The number of anilines is 1. The molecule has 0 radical (unpaired) electrons. The van der Waals surface area contributed by atoms with Crippen LogP contribution in [0.1, 0.15) is 41.4 Å². The van der Waals surface area contributed by atoms with Crippen molar-refractivity contribution in [3.63, 3.8) is 0 Å². The number of halogens is 1. The molecule has 2 aliphatic heterocycles. The number of fused-ring (bicyclic) bond motifs is 2. The molecule has 4 aromatic rings. The van der Waals surface area contributed by atoms with Crippen LogP contribution in [-0.2, 0) is 22.5 Å². The van der Waals surface area contributed by atoms with Crippen LogP contribution in [0, 0.1) is 5.82 Å². The highest BCUT2D eigenvalue weighted by Crippen LogP contribution is 2.29. The molecule has 200 valence electrons. The van der Waals surface area contributed by atoms with Gasteiger partial charge in [-0.25, -0.2) is 13.9 Å². The molecule has 0 atom stereocenters. The first-order chi connectivity index (χ1) is 18.9. The van der Waals surface area contributed by atoms with Crippen LogP contribution >= 0.6 is 0 Å². The summed E-state index contributed by atoms with van der Waals surface area (Å²) in [6, 6.07) is 9.82. The van der Waals surface area contributed by atoms with Gasteiger partial charge >= 0.3 is 0 Å². The maximum absolute atomic E-state index is 14.2. The number of amides is 2. The van der Waals surface area contributed by atoms with E-state index in [0.29, 0.717) is 65.8 Å². The molecule has 1 aromatic carbocycles. The summed E-state index contributed by atoms with van der Waals surface area (Å²) in [6.07, 6.45) is 5.46. The van der Waals surface area contributed by atoms with Crippen molar-refractivity contribution in [2.75, 3.05) is 25.1 Å². The summed E-state index contributed by atoms with van der Waals surface area (Å²) in [4.78, 5) is 35.5. The molecule has 1 N–H and O–H groups in total. The van der Waals surface area contributed by atoms with Crippen molar-refractivity contribution in [2.24, 2.45) is 0 Å². The highest BCUT2D eigenvalue weighted by Gasteiger charge is 2.27. The van der Waals surface area contributed by atoms with Crippen LogP contribution in [0.5, 0.6) is 5.75 Å². The minimum Gasteiger partial charge on any atom is -0.490 e. The third-order valence-corrected chi connectivity index (χ3v) is 6.87. The molecule has 11 heteroatoms. The minimum atomic E-state index is -0.374. The fourth-order valence-electron chi connectivity index (χ4n) is 4.92. The molecule has 1 saturated heterocycles. The average molecular weight is 531 g/mol. The van der Waals surface area contributed by atoms with Gasteiger partial charge in [0.1, 0.15) is 17.7 Å². The summed E-state index contributed by atoms with van der Waals surface area (Å²) >= 11 is 0. The zero-order valence-corrected chi connectivity index (χ0v) is 21.4. The summed E-state index contributed by atoms with van der Waals surface area (Å²) in [7, 11) is 0. The van der Waals surface area contributed by atoms with E-state index in [1.807, 2.05) is 0 Å². The second-order valence-electron chi connectivity index (χ2n) is 9.71. The number of hydrogen-bond acceptors (Lipinski definition) is 7. The normalized spacial score (nSPS) is 15.8. The Morgan fingerprint density at radius 3 is 2.87 bits per heavy atom. The summed E-state index contributed by atoms with van der Waals surface area (Å²) in [5, 5.41) is 7.23. The molecular formula is C28H27FN6O4. The van der Waals surface area contributed by atoms with Gasteiger partial charge in [-0.1, -0.05) is 0 Å². The number of nitrogens with one attached hydrogen (secondary N) is 1. The Balaban J connectivity index is 1.24.